The quantitative estimate of drug-likeness (QED) is 0.720. The molecule has 0 saturated carbocycles. The number of nitrogens with zero attached hydrogens (tertiary/aromatic N) is 3. The van der Waals surface area contributed by atoms with Gasteiger partial charge in [-0.1, -0.05) is 0 Å². The smallest absolute Gasteiger partial charge is 0.223 e. The van der Waals surface area contributed by atoms with Crippen molar-refractivity contribution < 1.29 is 9.53 Å². The van der Waals surface area contributed by atoms with E-state index >= 15 is 0 Å². The first-order valence-electron chi connectivity index (χ1n) is 7.65. The lowest BCUT2D eigenvalue weighted by atomic mass is 10.00. The molecule has 1 aromatic rings. The largest absolute Gasteiger partial charge is 0.385 e. The minimum atomic E-state index is 0. The minimum Gasteiger partial charge on any atom is -0.385 e. The normalized spacial score (nSPS) is 18.3. The van der Waals surface area contributed by atoms with Gasteiger partial charge in [-0.2, -0.15) is 0 Å². The Morgan fingerprint density at radius 3 is 3.18 bits per heavy atom. The number of aromatic nitrogens is 3. The van der Waals surface area contributed by atoms with Crippen LogP contribution < -0.4 is 10.6 Å². The Hall–Kier alpha value is -1.18. The number of carbonyl (C=O) groups excluding carboxylic acids is 1. The van der Waals surface area contributed by atoms with Crippen LogP contribution in [0.1, 0.15) is 31.5 Å². The minimum absolute atomic E-state index is 0. The van der Waals surface area contributed by atoms with Crippen LogP contribution >= 0.6 is 12.4 Å². The van der Waals surface area contributed by atoms with E-state index in [2.05, 4.69) is 20.8 Å². The van der Waals surface area contributed by atoms with Crippen molar-refractivity contribution in [3.05, 3.63) is 12.2 Å². The standard InChI is InChI=1S/C14H25N5O2.ClH/c1-21-9-3-8-19-11-17-18-13(19)10-16-14(20)12-4-2-6-15-7-5-12;/h11-12,15H,2-10H2,1H3,(H,16,20);1H. The summed E-state index contributed by atoms with van der Waals surface area (Å²) in [6, 6.07) is 0. The fourth-order valence-electron chi connectivity index (χ4n) is 2.57. The Labute approximate surface area is 137 Å². The van der Waals surface area contributed by atoms with Crippen LogP contribution in [0.25, 0.3) is 0 Å². The van der Waals surface area contributed by atoms with Crippen LogP contribution in [-0.4, -0.2) is 47.5 Å². The van der Waals surface area contributed by atoms with Gasteiger partial charge in [0, 0.05) is 26.2 Å². The summed E-state index contributed by atoms with van der Waals surface area (Å²) in [6.45, 7) is 3.89. The number of rotatable bonds is 7. The molecule has 7 nitrogen and oxygen atoms in total. The molecule has 2 heterocycles. The van der Waals surface area contributed by atoms with E-state index in [1.165, 1.54) is 0 Å². The summed E-state index contributed by atoms with van der Waals surface area (Å²) in [4.78, 5) is 12.2. The summed E-state index contributed by atoms with van der Waals surface area (Å²) in [5, 5.41) is 14.3. The van der Waals surface area contributed by atoms with Gasteiger partial charge in [0.15, 0.2) is 5.82 Å². The van der Waals surface area contributed by atoms with Crippen LogP contribution in [0.3, 0.4) is 0 Å². The van der Waals surface area contributed by atoms with Gasteiger partial charge in [-0.05, 0) is 38.8 Å². The molecule has 0 radical (unpaired) electrons. The Morgan fingerprint density at radius 1 is 1.50 bits per heavy atom. The Bertz CT molecular complexity index is 433. The van der Waals surface area contributed by atoms with Gasteiger partial charge in [0.05, 0.1) is 6.54 Å². The van der Waals surface area contributed by atoms with Gasteiger partial charge in [0.1, 0.15) is 6.33 Å². The highest BCUT2D eigenvalue weighted by molar-refractivity contribution is 5.85. The van der Waals surface area contributed by atoms with E-state index in [1.807, 2.05) is 4.57 Å². The number of halogens is 1. The van der Waals surface area contributed by atoms with Crippen LogP contribution in [0.15, 0.2) is 6.33 Å². The molecule has 1 aliphatic rings. The molecule has 2 N–H and O–H groups in total. The highest BCUT2D eigenvalue weighted by Crippen LogP contribution is 2.13. The highest BCUT2D eigenvalue weighted by Gasteiger charge is 2.20. The molecule has 2 rings (SSSR count). The van der Waals surface area contributed by atoms with Crippen molar-refractivity contribution in [3.8, 4) is 0 Å². The van der Waals surface area contributed by atoms with Crippen LogP contribution in [0, 0.1) is 5.92 Å². The van der Waals surface area contributed by atoms with Gasteiger partial charge in [0.25, 0.3) is 0 Å². The van der Waals surface area contributed by atoms with Crippen molar-refractivity contribution in [3.63, 3.8) is 0 Å². The van der Waals surface area contributed by atoms with E-state index in [-0.39, 0.29) is 24.2 Å². The van der Waals surface area contributed by atoms with Gasteiger partial charge in [-0.25, -0.2) is 0 Å². The number of carbonyl (C=O) groups is 1. The zero-order valence-electron chi connectivity index (χ0n) is 13.1. The van der Waals surface area contributed by atoms with Gasteiger partial charge in [-0.15, -0.1) is 22.6 Å². The number of nitrogens with one attached hydrogen (secondary N) is 2. The fourth-order valence-corrected chi connectivity index (χ4v) is 2.57. The molecule has 1 unspecified atom stereocenters. The third kappa shape index (κ3) is 5.90. The van der Waals surface area contributed by atoms with Crippen LogP contribution in [0.2, 0.25) is 0 Å². The highest BCUT2D eigenvalue weighted by atomic mass is 35.5. The molecule has 1 amide bonds. The van der Waals surface area contributed by atoms with Crippen molar-refractivity contribution in [2.24, 2.45) is 5.92 Å². The summed E-state index contributed by atoms with van der Waals surface area (Å²) in [6.07, 6.45) is 5.54. The maximum atomic E-state index is 12.2. The van der Waals surface area contributed by atoms with E-state index in [0.717, 1.165) is 51.1 Å². The van der Waals surface area contributed by atoms with E-state index < -0.39 is 0 Å². The average Bonchev–Trinajstić information content (AvgIpc) is 2.76. The van der Waals surface area contributed by atoms with Crippen LogP contribution in [0.5, 0.6) is 0 Å². The monoisotopic (exact) mass is 331 g/mol. The number of methoxy groups -OCH3 is 1. The SMILES string of the molecule is COCCCn1cnnc1CNC(=O)C1CCCNCC1.Cl. The first kappa shape index (κ1) is 18.9. The molecule has 1 fully saturated rings. The van der Waals surface area contributed by atoms with Crippen LogP contribution in [0.4, 0.5) is 0 Å². The molecule has 1 aliphatic heterocycles. The van der Waals surface area contributed by atoms with E-state index in [1.54, 1.807) is 13.4 Å². The maximum Gasteiger partial charge on any atom is 0.223 e. The summed E-state index contributed by atoms with van der Waals surface area (Å²) in [5.74, 6) is 1.04. The number of amides is 1. The second kappa shape index (κ2) is 10.5. The lowest BCUT2D eigenvalue weighted by molar-refractivity contribution is -0.125. The zero-order chi connectivity index (χ0) is 14.9. The van der Waals surface area contributed by atoms with Gasteiger partial charge >= 0.3 is 0 Å². The molecule has 8 heteroatoms. The second-order valence-electron chi connectivity index (χ2n) is 5.38. The molecular weight excluding hydrogens is 306 g/mol. The lowest BCUT2D eigenvalue weighted by Gasteiger charge is -2.14. The third-order valence-corrected chi connectivity index (χ3v) is 3.81. The van der Waals surface area contributed by atoms with Gasteiger partial charge in [-0.3, -0.25) is 4.79 Å². The number of ether oxygens (including phenoxy) is 1. The lowest BCUT2D eigenvalue weighted by Crippen LogP contribution is -2.31. The van der Waals surface area contributed by atoms with Gasteiger partial charge in [0.2, 0.25) is 5.91 Å². The molecule has 1 saturated heterocycles. The third-order valence-electron chi connectivity index (χ3n) is 3.81. The van der Waals surface area contributed by atoms with Crippen molar-refractivity contribution in [2.45, 2.75) is 38.8 Å². The van der Waals surface area contributed by atoms with Crippen molar-refractivity contribution >= 4 is 18.3 Å². The van der Waals surface area contributed by atoms with E-state index in [0.29, 0.717) is 13.2 Å². The topological polar surface area (TPSA) is 81.1 Å². The maximum absolute atomic E-state index is 12.2. The van der Waals surface area contributed by atoms with Crippen LogP contribution in [-0.2, 0) is 22.6 Å². The molecular formula is C14H26ClN5O2. The number of hydrogen-bond acceptors (Lipinski definition) is 5. The summed E-state index contributed by atoms with van der Waals surface area (Å²) in [5.41, 5.74) is 0. The molecule has 126 valence electrons. The van der Waals surface area contributed by atoms with Gasteiger partial charge < -0.3 is 19.9 Å². The fraction of sp³-hybridized carbons (Fsp3) is 0.786. The molecule has 1 aromatic heterocycles. The molecule has 0 spiro atoms. The van der Waals surface area contributed by atoms with Crippen molar-refractivity contribution in [2.75, 3.05) is 26.8 Å². The predicted octanol–water partition coefficient (Wildman–Crippen LogP) is 0.742. The number of hydrogen-bond donors (Lipinski definition) is 2. The van der Waals surface area contributed by atoms with E-state index in [9.17, 15) is 4.79 Å². The summed E-state index contributed by atoms with van der Waals surface area (Å²) < 4.78 is 7.01. The summed E-state index contributed by atoms with van der Waals surface area (Å²) in [7, 11) is 1.69. The molecule has 22 heavy (non-hydrogen) atoms. The molecule has 1 atom stereocenters. The molecule has 0 aromatic carbocycles. The average molecular weight is 332 g/mol. The first-order valence-corrected chi connectivity index (χ1v) is 7.65. The Balaban J connectivity index is 0.00000242. The second-order valence-corrected chi connectivity index (χ2v) is 5.38. The zero-order valence-corrected chi connectivity index (χ0v) is 13.9. The predicted molar refractivity (Wildman–Crippen MR) is 85.8 cm³/mol. The Kier molecular flexibility index (Phi) is 9.03. The molecule has 0 bridgehead atoms. The number of aryl methyl sites for hydroxylation is 1. The van der Waals surface area contributed by atoms with E-state index in [4.69, 9.17) is 4.74 Å². The Morgan fingerprint density at radius 2 is 2.36 bits per heavy atom. The van der Waals surface area contributed by atoms with Crippen molar-refractivity contribution in [1.29, 1.82) is 0 Å². The first-order chi connectivity index (χ1) is 10.3. The summed E-state index contributed by atoms with van der Waals surface area (Å²) >= 11 is 0. The molecule has 0 aliphatic carbocycles. The van der Waals surface area contributed by atoms with Crippen molar-refractivity contribution in [1.82, 2.24) is 25.4 Å².